The Kier molecular flexibility index (Phi) is 3.94. The lowest BCUT2D eigenvalue weighted by atomic mass is 9.88. The standard InChI is InChI=1S/C13H19NO2S/c1-10-9-17-12(14-10)8-11(15)13(16)6-4-2-3-5-7-13/h9,16H,2-8H2,1H3. The molecule has 17 heavy (non-hydrogen) atoms. The lowest BCUT2D eigenvalue weighted by molar-refractivity contribution is -0.138. The van der Waals surface area contributed by atoms with Gasteiger partial charge in [0.05, 0.1) is 6.42 Å². The fraction of sp³-hybridized carbons (Fsp3) is 0.692. The molecule has 4 heteroatoms. The molecule has 0 aliphatic heterocycles. The molecule has 2 rings (SSSR count). The number of aliphatic hydroxyl groups is 1. The van der Waals surface area contributed by atoms with Crippen molar-refractivity contribution in [2.24, 2.45) is 0 Å². The molecule has 1 fully saturated rings. The van der Waals surface area contributed by atoms with Crippen molar-refractivity contribution in [3.8, 4) is 0 Å². The summed E-state index contributed by atoms with van der Waals surface area (Å²) in [6.07, 6.45) is 5.71. The highest BCUT2D eigenvalue weighted by Gasteiger charge is 2.35. The Balaban J connectivity index is 2.02. The first kappa shape index (κ1) is 12.7. The third-order valence-corrected chi connectivity index (χ3v) is 4.39. The highest BCUT2D eigenvalue weighted by atomic mass is 32.1. The Morgan fingerprint density at radius 1 is 1.41 bits per heavy atom. The Bertz CT molecular complexity index is 392. The van der Waals surface area contributed by atoms with E-state index in [-0.39, 0.29) is 12.2 Å². The van der Waals surface area contributed by atoms with Gasteiger partial charge >= 0.3 is 0 Å². The molecule has 1 aromatic rings. The molecule has 1 saturated carbocycles. The zero-order chi connectivity index (χ0) is 12.3. The molecule has 1 N–H and O–H groups in total. The van der Waals surface area contributed by atoms with Crippen LogP contribution in [0.2, 0.25) is 0 Å². The normalized spacial score (nSPS) is 19.9. The van der Waals surface area contributed by atoms with E-state index in [0.717, 1.165) is 36.4 Å². The molecule has 0 unspecified atom stereocenters. The van der Waals surface area contributed by atoms with Gasteiger partial charge in [-0.05, 0) is 19.8 Å². The van der Waals surface area contributed by atoms with Crippen LogP contribution in [0.15, 0.2) is 5.38 Å². The van der Waals surface area contributed by atoms with Crippen LogP contribution in [-0.4, -0.2) is 21.5 Å². The summed E-state index contributed by atoms with van der Waals surface area (Å²) in [5.74, 6) is -0.0475. The fourth-order valence-corrected chi connectivity index (χ4v) is 3.15. The van der Waals surface area contributed by atoms with E-state index in [1.165, 1.54) is 11.3 Å². The SMILES string of the molecule is Cc1csc(CC(=O)C2(O)CCCCCC2)n1. The minimum atomic E-state index is -1.09. The van der Waals surface area contributed by atoms with Crippen LogP contribution in [-0.2, 0) is 11.2 Å². The molecule has 0 bridgehead atoms. The van der Waals surface area contributed by atoms with Gasteiger partial charge in [-0.2, -0.15) is 0 Å². The van der Waals surface area contributed by atoms with Crippen LogP contribution in [0.3, 0.4) is 0 Å². The lowest BCUT2D eigenvalue weighted by Gasteiger charge is -2.24. The molecular formula is C13H19NO2S. The number of Topliss-reactive ketones (excluding diaryl/α,β-unsaturated/α-hetero) is 1. The number of carbonyl (C=O) groups is 1. The number of rotatable bonds is 3. The Labute approximate surface area is 106 Å². The molecule has 0 radical (unpaired) electrons. The van der Waals surface area contributed by atoms with E-state index in [0.29, 0.717) is 12.8 Å². The van der Waals surface area contributed by atoms with Gasteiger partial charge in [0.25, 0.3) is 0 Å². The Morgan fingerprint density at radius 3 is 2.59 bits per heavy atom. The molecule has 1 aliphatic rings. The minimum Gasteiger partial charge on any atom is -0.382 e. The predicted molar refractivity (Wildman–Crippen MR) is 68.2 cm³/mol. The van der Waals surface area contributed by atoms with Gasteiger partial charge < -0.3 is 5.11 Å². The van der Waals surface area contributed by atoms with Gasteiger partial charge in [-0.15, -0.1) is 11.3 Å². The first-order valence-electron chi connectivity index (χ1n) is 6.27. The van der Waals surface area contributed by atoms with Crippen molar-refractivity contribution in [1.82, 2.24) is 4.98 Å². The second-order valence-electron chi connectivity index (χ2n) is 4.93. The first-order chi connectivity index (χ1) is 8.10. The van der Waals surface area contributed by atoms with Crippen molar-refractivity contribution in [1.29, 1.82) is 0 Å². The van der Waals surface area contributed by atoms with E-state index in [1.54, 1.807) is 0 Å². The van der Waals surface area contributed by atoms with E-state index in [2.05, 4.69) is 4.98 Å². The summed E-state index contributed by atoms with van der Waals surface area (Å²) < 4.78 is 0. The molecular weight excluding hydrogens is 234 g/mol. The van der Waals surface area contributed by atoms with Gasteiger partial charge in [0.2, 0.25) is 0 Å². The van der Waals surface area contributed by atoms with Gasteiger partial charge in [-0.3, -0.25) is 4.79 Å². The molecule has 0 saturated heterocycles. The topological polar surface area (TPSA) is 50.2 Å². The minimum absolute atomic E-state index is 0.0475. The number of hydrogen-bond acceptors (Lipinski definition) is 4. The van der Waals surface area contributed by atoms with Gasteiger partial charge in [0, 0.05) is 11.1 Å². The maximum Gasteiger partial charge on any atom is 0.171 e. The van der Waals surface area contributed by atoms with E-state index >= 15 is 0 Å². The van der Waals surface area contributed by atoms with Crippen LogP contribution in [0.4, 0.5) is 0 Å². The number of ketones is 1. The fourth-order valence-electron chi connectivity index (χ4n) is 2.38. The van der Waals surface area contributed by atoms with Crippen LogP contribution in [0.5, 0.6) is 0 Å². The lowest BCUT2D eigenvalue weighted by Crippen LogP contribution is -2.39. The summed E-state index contributed by atoms with van der Waals surface area (Å²) in [5.41, 5.74) is -0.138. The molecule has 0 spiro atoms. The zero-order valence-electron chi connectivity index (χ0n) is 10.2. The van der Waals surface area contributed by atoms with E-state index in [9.17, 15) is 9.90 Å². The average Bonchev–Trinajstić information content (AvgIpc) is 2.56. The summed E-state index contributed by atoms with van der Waals surface area (Å²) >= 11 is 1.50. The van der Waals surface area contributed by atoms with E-state index in [1.807, 2.05) is 12.3 Å². The number of hydrogen-bond donors (Lipinski definition) is 1. The van der Waals surface area contributed by atoms with Crippen LogP contribution < -0.4 is 0 Å². The average molecular weight is 253 g/mol. The summed E-state index contributed by atoms with van der Waals surface area (Å²) in [6.45, 7) is 1.92. The highest BCUT2D eigenvalue weighted by molar-refractivity contribution is 7.09. The monoisotopic (exact) mass is 253 g/mol. The summed E-state index contributed by atoms with van der Waals surface area (Å²) in [7, 11) is 0. The van der Waals surface area contributed by atoms with E-state index < -0.39 is 5.60 Å². The number of nitrogens with zero attached hydrogens (tertiary/aromatic N) is 1. The van der Waals surface area contributed by atoms with Gasteiger partial charge in [0.1, 0.15) is 10.6 Å². The molecule has 0 amide bonds. The second-order valence-corrected chi connectivity index (χ2v) is 5.87. The largest absolute Gasteiger partial charge is 0.382 e. The van der Waals surface area contributed by atoms with Gasteiger partial charge in [-0.25, -0.2) is 4.98 Å². The number of aromatic nitrogens is 1. The quantitative estimate of drug-likeness (QED) is 0.842. The molecule has 1 aliphatic carbocycles. The summed E-state index contributed by atoms with van der Waals surface area (Å²) in [4.78, 5) is 16.5. The van der Waals surface area contributed by atoms with Crippen molar-refractivity contribution in [2.75, 3.05) is 0 Å². The van der Waals surface area contributed by atoms with Crippen LogP contribution in [0.1, 0.15) is 49.2 Å². The molecule has 0 aromatic carbocycles. The van der Waals surface area contributed by atoms with Crippen LogP contribution in [0, 0.1) is 6.92 Å². The highest BCUT2D eigenvalue weighted by Crippen LogP contribution is 2.29. The third kappa shape index (κ3) is 3.13. The predicted octanol–water partition coefficient (Wildman–Crippen LogP) is 2.65. The van der Waals surface area contributed by atoms with Crippen molar-refractivity contribution >= 4 is 17.1 Å². The van der Waals surface area contributed by atoms with Crippen LogP contribution in [0.25, 0.3) is 0 Å². The molecule has 3 nitrogen and oxygen atoms in total. The Morgan fingerprint density at radius 2 is 2.06 bits per heavy atom. The zero-order valence-corrected chi connectivity index (χ0v) is 11.1. The second kappa shape index (κ2) is 5.27. The molecule has 1 aromatic heterocycles. The first-order valence-corrected chi connectivity index (χ1v) is 7.15. The maximum absolute atomic E-state index is 12.2. The number of carbonyl (C=O) groups excluding carboxylic acids is 1. The van der Waals surface area contributed by atoms with Gasteiger partial charge in [0.15, 0.2) is 5.78 Å². The summed E-state index contributed by atoms with van der Waals surface area (Å²) in [6, 6.07) is 0. The molecule has 0 atom stereocenters. The number of aryl methyl sites for hydroxylation is 1. The maximum atomic E-state index is 12.2. The third-order valence-electron chi connectivity index (χ3n) is 3.43. The van der Waals surface area contributed by atoms with Crippen LogP contribution >= 0.6 is 11.3 Å². The molecule has 94 valence electrons. The number of thiazole rings is 1. The molecule has 1 heterocycles. The Hall–Kier alpha value is -0.740. The van der Waals surface area contributed by atoms with Crippen molar-refractivity contribution in [2.45, 2.75) is 57.5 Å². The van der Waals surface area contributed by atoms with Crippen molar-refractivity contribution in [3.05, 3.63) is 16.1 Å². The van der Waals surface area contributed by atoms with E-state index in [4.69, 9.17) is 0 Å². The smallest absolute Gasteiger partial charge is 0.171 e. The summed E-state index contributed by atoms with van der Waals surface area (Å²) in [5, 5.41) is 13.2. The van der Waals surface area contributed by atoms with Crippen molar-refractivity contribution in [3.63, 3.8) is 0 Å². The van der Waals surface area contributed by atoms with Gasteiger partial charge in [-0.1, -0.05) is 25.7 Å². The van der Waals surface area contributed by atoms with Crippen molar-refractivity contribution < 1.29 is 9.90 Å².